The van der Waals surface area contributed by atoms with Crippen LogP contribution in [0.1, 0.15) is 32.3 Å². The van der Waals surface area contributed by atoms with Crippen LogP contribution < -0.4 is 11.1 Å². The van der Waals surface area contributed by atoms with Crippen LogP contribution in [0, 0.1) is 0 Å². The monoisotopic (exact) mass is 353 g/mol. The van der Waals surface area contributed by atoms with E-state index in [0.29, 0.717) is 6.04 Å². The number of rotatable bonds is 3. The lowest BCUT2D eigenvalue weighted by Crippen LogP contribution is -2.55. The highest BCUT2D eigenvalue weighted by Crippen LogP contribution is 2.22. The van der Waals surface area contributed by atoms with Gasteiger partial charge in [-0.15, -0.1) is 0 Å². The molecule has 3 atom stereocenters. The average Bonchev–Trinajstić information content (AvgIpc) is 2.43. The van der Waals surface area contributed by atoms with E-state index in [-0.39, 0.29) is 11.9 Å². The fourth-order valence-electron chi connectivity index (χ4n) is 2.68. The summed E-state index contributed by atoms with van der Waals surface area (Å²) in [6.07, 6.45) is 1.95. The van der Waals surface area contributed by atoms with Gasteiger partial charge in [-0.1, -0.05) is 28.1 Å². The van der Waals surface area contributed by atoms with Crippen molar-refractivity contribution in [3.05, 3.63) is 34.3 Å². The number of likely N-dealkylation sites (tertiary alicyclic amines) is 1. The lowest BCUT2D eigenvalue weighted by molar-refractivity contribution is -0.127. The molecule has 0 bridgehead atoms. The first-order valence-corrected chi connectivity index (χ1v) is 8.16. The Balaban J connectivity index is 2.03. The fraction of sp³-hybridized carbons (Fsp3) is 0.562. The Morgan fingerprint density at radius 1 is 1.43 bits per heavy atom. The molecule has 21 heavy (non-hydrogen) atoms. The number of amides is 1. The minimum atomic E-state index is -1.01. The molecule has 0 radical (unpaired) electrons. The summed E-state index contributed by atoms with van der Waals surface area (Å²) in [4.78, 5) is 14.9. The quantitative estimate of drug-likeness (QED) is 0.875. The summed E-state index contributed by atoms with van der Waals surface area (Å²) in [5.41, 5.74) is 6.09. The van der Waals surface area contributed by atoms with Gasteiger partial charge in [0.05, 0.1) is 0 Å². The SMILES string of the molecule is CC1CC(NC(=O)C(C)(N)c2ccc(Br)cc2)CCN1C. The number of benzene rings is 1. The van der Waals surface area contributed by atoms with Crippen LogP contribution in [0.15, 0.2) is 28.7 Å². The Morgan fingerprint density at radius 2 is 2.05 bits per heavy atom. The number of piperidine rings is 1. The molecule has 2 rings (SSSR count). The number of nitrogens with zero attached hydrogens (tertiary/aromatic N) is 1. The summed E-state index contributed by atoms with van der Waals surface area (Å²) in [6.45, 7) is 4.96. The molecular weight excluding hydrogens is 330 g/mol. The van der Waals surface area contributed by atoms with Crippen molar-refractivity contribution >= 4 is 21.8 Å². The third kappa shape index (κ3) is 3.84. The van der Waals surface area contributed by atoms with Crippen LogP contribution in [0.4, 0.5) is 0 Å². The standard InChI is InChI=1S/C16H24BrN3O/c1-11-10-14(8-9-20(11)3)19-15(21)16(2,18)12-4-6-13(17)7-5-12/h4-7,11,14H,8-10,18H2,1-3H3,(H,19,21). The van der Waals surface area contributed by atoms with Crippen LogP contribution in [0.25, 0.3) is 0 Å². The van der Waals surface area contributed by atoms with Gasteiger partial charge in [0.2, 0.25) is 5.91 Å². The van der Waals surface area contributed by atoms with Gasteiger partial charge in [0.25, 0.3) is 0 Å². The number of halogens is 1. The van der Waals surface area contributed by atoms with Crippen LogP contribution in [-0.4, -0.2) is 36.5 Å². The van der Waals surface area contributed by atoms with Crippen LogP contribution in [0.2, 0.25) is 0 Å². The van der Waals surface area contributed by atoms with Crippen molar-refractivity contribution in [1.82, 2.24) is 10.2 Å². The van der Waals surface area contributed by atoms with Gasteiger partial charge in [0.1, 0.15) is 5.54 Å². The topological polar surface area (TPSA) is 58.4 Å². The molecule has 5 heteroatoms. The average molecular weight is 354 g/mol. The lowest BCUT2D eigenvalue weighted by Gasteiger charge is -2.36. The van der Waals surface area contributed by atoms with Crippen LogP contribution in [0.5, 0.6) is 0 Å². The number of carbonyl (C=O) groups excluding carboxylic acids is 1. The van der Waals surface area contributed by atoms with Crippen molar-refractivity contribution in [3.8, 4) is 0 Å². The largest absolute Gasteiger partial charge is 0.351 e. The molecule has 0 aromatic heterocycles. The van der Waals surface area contributed by atoms with Crippen molar-refractivity contribution in [1.29, 1.82) is 0 Å². The second kappa shape index (κ2) is 6.46. The molecule has 1 aromatic carbocycles. The summed E-state index contributed by atoms with van der Waals surface area (Å²) in [6, 6.07) is 8.29. The minimum Gasteiger partial charge on any atom is -0.351 e. The van der Waals surface area contributed by atoms with E-state index in [1.165, 1.54) is 0 Å². The van der Waals surface area contributed by atoms with E-state index in [1.54, 1.807) is 6.92 Å². The zero-order valence-electron chi connectivity index (χ0n) is 12.9. The van der Waals surface area contributed by atoms with Gasteiger partial charge in [0, 0.05) is 23.1 Å². The van der Waals surface area contributed by atoms with Gasteiger partial charge in [-0.2, -0.15) is 0 Å². The van der Waals surface area contributed by atoms with E-state index in [1.807, 2.05) is 24.3 Å². The van der Waals surface area contributed by atoms with Crippen molar-refractivity contribution in [3.63, 3.8) is 0 Å². The van der Waals surface area contributed by atoms with E-state index >= 15 is 0 Å². The van der Waals surface area contributed by atoms with Crippen molar-refractivity contribution in [2.45, 2.75) is 44.3 Å². The zero-order chi connectivity index (χ0) is 15.6. The number of nitrogens with one attached hydrogen (secondary N) is 1. The summed E-state index contributed by atoms with van der Waals surface area (Å²) >= 11 is 3.40. The van der Waals surface area contributed by atoms with Crippen molar-refractivity contribution < 1.29 is 4.79 Å². The highest BCUT2D eigenvalue weighted by Gasteiger charge is 2.33. The summed E-state index contributed by atoms with van der Waals surface area (Å²) < 4.78 is 0.978. The first-order chi connectivity index (χ1) is 9.80. The zero-order valence-corrected chi connectivity index (χ0v) is 14.5. The predicted octanol–water partition coefficient (Wildman–Crippen LogP) is 2.22. The highest BCUT2D eigenvalue weighted by molar-refractivity contribution is 9.10. The Hall–Kier alpha value is -0.910. The van der Waals surface area contributed by atoms with Crippen LogP contribution in [-0.2, 0) is 10.3 Å². The molecule has 4 nitrogen and oxygen atoms in total. The smallest absolute Gasteiger partial charge is 0.244 e. The normalized spacial score (nSPS) is 26.1. The Kier molecular flexibility index (Phi) is 5.07. The first-order valence-electron chi connectivity index (χ1n) is 7.37. The summed E-state index contributed by atoms with van der Waals surface area (Å²) in [7, 11) is 2.12. The number of nitrogens with two attached hydrogens (primary N) is 1. The van der Waals surface area contributed by atoms with E-state index < -0.39 is 5.54 Å². The second-order valence-corrected chi connectivity index (χ2v) is 7.15. The van der Waals surface area contributed by atoms with E-state index in [2.05, 4.69) is 40.1 Å². The van der Waals surface area contributed by atoms with Gasteiger partial charge >= 0.3 is 0 Å². The van der Waals surface area contributed by atoms with Crippen molar-refractivity contribution in [2.75, 3.05) is 13.6 Å². The Bertz CT molecular complexity index is 501. The van der Waals surface area contributed by atoms with Gasteiger partial charge < -0.3 is 16.0 Å². The van der Waals surface area contributed by atoms with Crippen LogP contribution in [0.3, 0.4) is 0 Å². The van der Waals surface area contributed by atoms with Gasteiger partial charge in [-0.25, -0.2) is 0 Å². The molecule has 116 valence electrons. The molecular formula is C16H24BrN3O. The highest BCUT2D eigenvalue weighted by atomic mass is 79.9. The molecule has 1 amide bonds. The molecule has 3 unspecified atom stereocenters. The maximum atomic E-state index is 12.5. The third-order valence-electron chi connectivity index (χ3n) is 4.46. The van der Waals surface area contributed by atoms with Crippen LogP contribution >= 0.6 is 15.9 Å². The van der Waals surface area contributed by atoms with Crippen molar-refractivity contribution in [2.24, 2.45) is 5.73 Å². The molecule has 0 aliphatic carbocycles. The lowest BCUT2D eigenvalue weighted by atomic mass is 9.91. The van der Waals surface area contributed by atoms with Gasteiger partial charge in [-0.05, 0) is 51.4 Å². The van der Waals surface area contributed by atoms with Gasteiger partial charge in [0.15, 0.2) is 0 Å². The number of hydrogen-bond donors (Lipinski definition) is 2. The molecule has 1 aliphatic heterocycles. The number of carbonyl (C=O) groups is 1. The van der Waals surface area contributed by atoms with E-state index in [9.17, 15) is 4.79 Å². The first kappa shape index (κ1) is 16.5. The fourth-order valence-corrected chi connectivity index (χ4v) is 2.95. The summed E-state index contributed by atoms with van der Waals surface area (Å²) in [5.74, 6) is -0.105. The maximum Gasteiger partial charge on any atom is 0.244 e. The molecule has 0 saturated carbocycles. The third-order valence-corrected chi connectivity index (χ3v) is 4.99. The minimum absolute atomic E-state index is 0.105. The Morgan fingerprint density at radius 3 is 2.62 bits per heavy atom. The molecule has 1 aliphatic rings. The second-order valence-electron chi connectivity index (χ2n) is 6.23. The number of hydrogen-bond acceptors (Lipinski definition) is 3. The molecule has 1 fully saturated rings. The molecule has 1 aromatic rings. The maximum absolute atomic E-state index is 12.5. The summed E-state index contributed by atoms with van der Waals surface area (Å²) in [5, 5.41) is 3.12. The van der Waals surface area contributed by atoms with E-state index in [4.69, 9.17) is 5.73 Å². The molecule has 1 saturated heterocycles. The Labute approximate surface area is 135 Å². The molecule has 1 heterocycles. The van der Waals surface area contributed by atoms with E-state index in [0.717, 1.165) is 29.4 Å². The molecule has 0 spiro atoms. The molecule has 3 N–H and O–H groups in total. The van der Waals surface area contributed by atoms with Gasteiger partial charge in [-0.3, -0.25) is 4.79 Å². The predicted molar refractivity (Wildman–Crippen MR) is 88.9 cm³/mol.